The Hall–Kier alpha value is -3.10. The highest BCUT2D eigenvalue weighted by Crippen LogP contribution is 2.37. The zero-order valence-corrected chi connectivity index (χ0v) is 15.9. The second-order valence-corrected chi connectivity index (χ2v) is 7.43. The summed E-state index contributed by atoms with van der Waals surface area (Å²) < 4.78 is 2.51. The fraction of sp³-hybridized carbons (Fsp3) is 0.154. The van der Waals surface area contributed by atoms with E-state index >= 15 is 0 Å². The van der Waals surface area contributed by atoms with E-state index in [1.165, 1.54) is 28.1 Å². The first-order valence-electron chi connectivity index (χ1n) is 9.98. The molecule has 4 aromatic rings. The van der Waals surface area contributed by atoms with E-state index in [-0.39, 0.29) is 6.04 Å². The number of nitrogens with zero attached hydrogens (tertiary/aromatic N) is 2. The minimum atomic E-state index is 0.271. The van der Waals surface area contributed by atoms with E-state index in [0.717, 1.165) is 19.6 Å². The summed E-state index contributed by atoms with van der Waals surface area (Å²) in [6, 6.07) is 37.3. The van der Waals surface area contributed by atoms with Gasteiger partial charge in [-0.1, -0.05) is 91.0 Å². The summed E-state index contributed by atoms with van der Waals surface area (Å²) in [5, 5.41) is 0. The molecule has 1 atom stereocenters. The molecule has 0 radical (unpaired) electrons. The van der Waals surface area contributed by atoms with Crippen LogP contribution in [0.25, 0.3) is 11.3 Å². The van der Waals surface area contributed by atoms with Gasteiger partial charge < -0.3 is 4.57 Å². The van der Waals surface area contributed by atoms with Crippen molar-refractivity contribution in [3.05, 3.63) is 120 Å². The summed E-state index contributed by atoms with van der Waals surface area (Å²) in [5.41, 5.74) is 6.71. The minimum absolute atomic E-state index is 0.271. The van der Waals surface area contributed by atoms with Gasteiger partial charge in [0.2, 0.25) is 0 Å². The predicted molar refractivity (Wildman–Crippen MR) is 115 cm³/mol. The highest BCUT2D eigenvalue weighted by Gasteiger charge is 2.30. The van der Waals surface area contributed by atoms with Gasteiger partial charge >= 0.3 is 0 Å². The Bertz CT molecular complexity index is 1040. The molecule has 0 bridgehead atoms. The topological polar surface area (TPSA) is 8.17 Å². The van der Waals surface area contributed by atoms with Crippen molar-refractivity contribution in [1.82, 2.24) is 9.47 Å². The maximum Gasteiger partial charge on any atom is 0.0759 e. The third kappa shape index (κ3) is 3.17. The Balaban J connectivity index is 1.57. The molecule has 2 nitrogen and oxygen atoms in total. The van der Waals surface area contributed by atoms with Crippen LogP contribution < -0.4 is 0 Å². The molecule has 138 valence electrons. The first kappa shape index (κ1) is 17.0. The lowest BCUT2D eigenvalue weighted by Gasteiger charge is -2.38. The Morgan fingerprint density at radius 3 is 2.00 bits per heavy atom. The number of aromatic nitrogens is 1. The molecule has 1 aliphatic rings. The lowest BCUT2D eigenvalue weighted by atomic mass is 9.99. The van der Waals surface area contributed by atoms with Crippen LogP contribution in [0.2, 0.25) is 0 Å². The van der Waals surface area contributed by atoms with Crippen LogP contribution in [0.4, 0.5) is 0 Å². The third-order valence-corrected chi connectivity index (χ3v) is 5.68. The highest BCUT2D eigenvalue weighted by molar-refractivity contribution is 5.61. The lowest BCUT2D eigenvalue weighted by Crippen LogP contribution is -2.38. The predicted octanol–water partition coefficient (Wildman–Crippen LogP) is 5.76. The zero-order chi connectivity index (χ0) is 18.8. The SMILES string of the molecule is c1ccc(CN2CCn3c(-c4ccccc4)ccc3[C@H]2c2ccccc2)cc1. The molecule has 3 aromatic carbocycles. The Kier molecular flexibility index (Phi) is 4.56. The van der Waals surface area contributed by atoms with Crippen molar-refractivity contribution in [3.63, 3.8) is 0 Å². The summed E-state index contributed by atoms with van der Waals surface area (Å²) in [4.78, 5) is 2.61. The van der Waals surface area contributed by atoms with Gasteiger partial charge in [0.25, 0.3) is 0 Å². The van der Waals surface area contributed by atoms with E-state index < -0.39 is 0 Å². The van der Waals surface area contributed by atoms with Crippen LogP contribution in [0.3, 0.4) is 0 Å². The summed E-state index contributed by atoms with van der Waals surface area (Å²) in [6.45, 7) is 3.02. The summed E-state index contributed by atoms with van der Waals surface area (Å²) in [5.74, 6) is 0. The molecular weight excluding hydrogens is 340 g/mol. The van der Waals surface area contributed by atoms with Crippen molar-refractivity contribution in [1.29, 1.82) is 0 Å². The molecule has 0 unspecified atom stereocenters. The molecule has 0 aliphatic carbocycles. The Morgan fingerprint density at radius 1 is 0.643 bits per heavy atom. The van der Waals surface area contributed by atoms with Crippen LogP contribution in [-0.4, -0.2) is 16.0 Å². The first-order chi connectivity index (χ1) is 13.9. The van der Waals surface area contributed by atoms with Crippen molar-refractivity contribution >= 4 is 0 Å². The number of hydrogen-bond donors (Lipinski definition) is 0. The molecule has 0 N–H and O–H groups in total. The standard InChI is InChI=1S/C26H24N2/c1-4-10-21(11-5-1)20-27-18-19-28-24(22-12-6-2-7-13-22)16-17-25(28)26(27)23-14-8-3-9-15-23/h1-17,26H,18-20H2/t26-/m1/s1. The van der Waals surface area contributed by atoms with Gasteiger partial charge in [-0.3, -0.25) is 4.90 Å². The third-order valence-electron chi connectivity index (χ3n) is 5.68. The maximum absolute atomic E-state index is 2.61. The average Bonchev–Trinajstić information content (AvgIpc) is 3.20. The molecule has 0 saturated carbocycles. The Morgan fingerprint density at radius 2 is 1.29 bits per heavy atom. The Labute approximate surface area is 166 Å². The van der Waals surface area contributed by atoms with Gasteiger partial charge in [0.1, 0.15) is 0 Å². The fourth-order valence-electron chi connectivity index (χ4n) is 4.38. The van der Waals surface area contributed by atoms with E-state index in [0.29, 0.717) is 0 Å². The molecule has 28 heavy (non-hydrogen) atoms. The number of hydrogen-bond acceptors (Lipinski definition) is 1. The van der Waals surface area contributed by atoms with Crippen LogP contribution in [0.5, 0.6) is 0 Å². The number of fused-ring (bicyclic) bond motifs is 1. The normalized spacial score (nSPS) is 16.6. The van der Waals surface area contributed by atoms with Crippen LogP contribution in [0, 0.1) is 0 Å². The summed E-state index contributed by atoms with van der Waals surface area (Å²) in [6.07, 6.45) is 0. The van der Waals surface area contributed by atoms with Crippen LogP contribution in [0.15, 0.2) is 103 Å². The highest BCUT2D eigenvalue weighted by atomic mass is 15.2. The van der Waals surface area contributed by atoms with Gasteiger partial charge in [-0.25, -0.2) is 0 Å². The molecule has 0 spiro atoms. The molecular formula is C26H24N2. The minimum Gasteiger partial charge on any atom is -0.341 e. The molecule has 5 rings (SSSR count). The molecule has 2 heterocycles. The molecule has 0 saturated heterocycles. The van der Waals surface area contributed by atoms with Crippen molar-refractivity contribution in [2.24, 2.45) is 0 Å². The van der Waals surface area contributed by atoms with Gasteiger partial charge in [0, 0.05) is 31.0 Å². The smallest absolute Gasteiger partial charge is 0.0759 e. The molecule has 1 aliphatic heterocycles. The van der Waals surface area contributed by atoms with Gasteiger partial charge in [-0.05, 0) is 28.8 Å². The number of rotatable bonds is 4. The second-order valence-electron chi connectivity index (χ2n) is 7.43. The number of benzene rings is 3. The zero-order valence-electron chi connectivity index (χ0n) is 15.9. The van der Waals surface area contributed by atoms with Crippen LogP contribution >= 0.6 is 0 Å². The van der Waals surface area contributed by atoms with Gasteiger partial charge in [0.05, 0.1) is 6.04 Å². The van der Waals surface area contributed by atoms with Gasteiger partial charge in [0.15, 0.2) is 0 Å². The van der Waals surface area contributed by atoms with E-state index in [4.69, 9.17) is 0 Å². The fourth-order valence-corrected chi connectivity index (χ4v) is 4.38. The van der Waals surface area contributed by atoms with E-state index in [1.54, 1.807) is 0 Å². The molecule has 0 amide bonds. The average molecular weight is 364 g/mol. The van der Waals surface area contributed by atoms with Crippen molar-refractivity contribution in [3.8, 4) is 11.3 Å². The van der Waals surface area contributed by atoms with E-state index in [1.807, 2.05) is 0 Å². The first-order valence-corrected chi connectivity index (χ1v) is 9.98. The summed E-state index contributed by atoms with van der Waals surface area (Å²) in [7, 11) is 0. The summed E-state index contributed by atoms with van der Waals surface area (Å²) >= 11 is 0. The second kappa shape index (κ2) is 7.49. The van der Waals surface area contributed by atoms with Crippen molar-refractivity contribution in [2.45, 2.75) is 19.1 Å². The van der Waals surface area contributed by atoms with Crippen LogP contribution in [-0.2, 0) is 13.1 Å². The van der Waals surface area contributed by atoms with E-state index in [2.05, 4.69) is 113 Å². The quantitative estimate of drug-likeness (QED) is 0.447. The van der Waals surface area contributed by atoms with Crippen molar-refractivity contribution < 1.29 is 0 Å². The van der Waals surface area contributed by atoms with Gasteiger partial charge in [-0.15, -0.1) is 0 Å². The lowest BCUT2D eigenvalue weighted by molar-refractivity contribution is 0.175. The molecule has 2 heteroatoms. The molecule has 1 aromatic heterocycles. The monoisotopic (exact) mass is 364 g/mol. The largest absolute Gasteiger partial charge is 0.341 e. The molecule has 0 fully saturated rings. The van der Waals surface area contributed by atoms with E-state index in [9.17, 15) is 0 Å². The van der Waals surface area contributed by atoms with Crippen LogP contribution in [0.1, 0.15) is 22.9 Å². The maximum atomic E-state index is 2.61. The van der Waals surface area contributed by atoms with Crippen molar-refractivity contribution in [2.75, 3.05) is 6.54 Å². The van der Waals surface area contributed by atoms with Gasteiger partial charge in [-0.2, -0.15) is 0 Å².